The first kappa shape index (κ1) is 18.3. The lowest BCUT2D eigenvalue weighted by Crippen LogP contribution is -2.31. The molecule has 0 fully saturated rings. The van der Waals surface area contributed by atoms with E-state index in [0.29, 0.717) is 12.2 Å². The van der Waals surface area contributed by atoms with Gasteiger partial charge in [0.15, 0.2) is 5.96 Å². The third-order valence-corrected chi connectivity index (χ3v) is 4.38. The normalized spacial score (nSPS) is 14.1. The number of nitrogens with two attached hydrogens (primary N) is 1. The number of guanidine groups is 1. The number of aliphatic imine (C=N–C) groups is 1. The molecule has 2 aromatic rings. The van der Waals surface area contributed by atoms with Crippen molar-refractivity contribution in [1.82, 2.24) is 0 Å². The van der Waals surface area contributed by atoms with Crippen LogP contribution in [0.25, 0.3) is 0 Å². The Kier molecular flexibility index (Phi) is 6.23. The number of rotatable bonds is 6. The molecule has 0 spiro atoms. The van der Waals surface area contributed by atoms with Crippen LogP contribution >= 0.6 is 15.9 Å². The van der Waals surface area contributed by atoms with E-state index in [0.717, 1.165) is 15.7 Å². The highest BCUT2D eigenvalue weighted by Gasteiger charge is 2.26. The van der Waals surface area contributed by atoms with Crippen molar-refractivity contribution < 1.29 is 9.84 Å². The number of hydrogen-bond acceptors (Lipinski definition) is 3. The fraction of sp³-hybridized carbons (Fsp3) is 0.278. The third-order valence-electron chi connectivity index (χ3n) is 3.85. The fourth-order valence-corrected chi connectivity index (χ4v) is 2.57. The Labute approximate surface area is 150 Å². The van der Waals surface area contributed by atoms with Crippen LogP contribution in [0.2, 0.25) is 0 Å². The molecule has 0 saturated heterocycles. The number of aliphatic hydroxyl groups is 1. The number of nitrogens with one attached hydrogen (secondary N) is 1. The van der Waals surface area contributed by atoms with Crippen LogP contribution in [0.4, 0.5) is 5.69 Å². The molecule has 2 rings (SSSR count). The molecule has 0 aliphatic rings. The number of nitrogens with zero attached hydrogens (tertiary/aromatic N) is 1. The predicted octanol–water partition coefficient (Wildman–Crippen LogP) is 3.48. The molecule has 4 N–H and O–H groups in total. The third kappa shape index (κ3) is 4.49. The summed E-state index contributed by atoms with van der Waals surface area (Å²) in [6.07, 6.45) is 0.528. The SMILES string of the molecule is CCC(O)(CN=C(N)Nc1ccccc1OC)c1ccc(Br)cc1. The lowest BCUT2D eigenvalue weighted by molar-refractivity contribution is 0.0424. The quantitative estimate of drug-likeness (QED) is 0.520. The molecule has 0 aliphatic carbocycles. The largest absolute Gasteiger partial charge is 0.495 e. The van der Waals surface area contributed by atoms with Crippen molar-refractivity contribution >= 4 is 27.6 Å². The van der Waals surface area contributed by atoms with E-state index in [-0.39, 0.29) is 12.5 Å². The topological polar surface area (TPSA) is 79.9 Å². The van der Waals surface area contributed by atoms with E-state index < -0.39 is 5.60 Å². The van der Waals surface area contributed by atoms with Gasteiger partial charge in [-0.2, -0.15) is 0 Å². The minimum Gasteiger partial charge on any atom is -0.495 e. The molecule has 0 amide bonds. The number of hydrogen-bond donors (Lipinski definition) is 3. The number of halogens is 1. The Balaban J connectivity index is 2.13. The zero-order chi connectivity index (χ0) is 17.6. The highest BCUT2D eigenvalue weighted by atomic mass is 79.9. The fourth-order valence-electron chi connectivity index (χ4n) is 2.31. The van der Waals surface area contributed by atoms with Gasteiger partial charge >= 0.3 is 0 Å². The number of methoxy groups -OCH3 is 1. The molecule has 0 bridgehead atoms. The van der Waals surface area contributed by atoms with Crippen LogP contribution in [0, 0.1) is 0 Å². The molecular weight excluding hydrogens is 370 g/mol. The van der Waals surface area contributed by atoms with Gasteiger partial charge in [-0.15, -0.1) is 0 Å². The van der Waals surface area contributed by atoms with E-state index in [1.54, 1.807) is 7.11 Å². The summed E-state index contributed by atoms with van der Waals surface area (Å²) < 4.78 is 6.23. The average Bonchev–Trinajstić information content (AvgIpc) is 2.60. The average molecular weight is 392 g/mol. The van der Waals surface area contributed by atoms with E-state index >= 15 is 0 Å². The van der Waals surface area contributed by atoms with Gasteiger partial charge in [0.25, 0.3) is 0 Å². The predicted molar refractivity (Wildman–Crippen MR) is 101 cm³/mol. The molecule has 24 heavy (non-hydrogen) atoms. The smallest absolute Gasteiger partial charge is 0.193 e. The van der Waals surface area contributed by atoms with Crippen LogP contribution in [0.1, 0.15) is 18.9 Å². The maximum Gasteiger partial charge on any atom is 0.193 e. The van der Waals surface area contributed by atoms with Gasteiger partial charge in [-0.25, -0.2) is 4.99 Å². The summed E-state index contributed by atoms with van der Waals surface area (Å²) in [5, 5.41) is 13.9. The first-order chi connectivity index (χ1) is 11.5. The lowest BCUT2D eigenvalue weighted by atomic mass is 9.91. The molecule has 2 aromatic carbocycles. The minimum atomic E-state index is -1.06. The van der Waals surface area contributed by atoms with Gasteiger partial charge in [0.05, 0.1) is 19.3 Å². The maximum absolute atomic E-state index is 10.9. The van der Waals surface area contributed by atoms with Crippen molar-refractivity contribution in [2.45, 2.75) is 18.9 Å². The number of anilines is 1. The van der Waals surface area contributed by atoms with Gasteiger partial charge in [-0.3, -0.25) is 0 Å². The summed E-state index contributed by atoms with van der Waals surface area (Å²) in [4.78, 5) is 4.30. The first-order valence-corrected chi connectivity index (χ1v) is 8.46. The monoisotopic (exact) mass is 391 g/mol. The minimum absolute atomic E-state index is 0.166. The van der Waals surface area contributed by atoms with E-state index in [4.69, 9.17) is 10.5 Å². The van der Waals surface area contributed by atoms with Gasteiger partial charge in [0.1, 0.15) is 11.4 Å². The number of ether oxygens (including phenoxy) is 1. The standard InChI is InChI=1S/C18H22BrN3O2/c1-3-18(23,13-8-10-14(19)11-9-13)12-21-17(20)22-15-6-4-5-7-16(15)24-2/h4-11,23H,3,12H2,1-2H3,(H3,20,21,22). The zero-order valence-corrected chi connectivity index (χ0v) is 15.4. The lowest BCUT2D eigenvalue weighted by Gasteiger charge is -2.25. The van der Waals surface area contributed by atoms with Crippen LogP contribution in [0.3, 0.4) is 0 Å². The molecule has 5 nitrogen and oxygen atoms in total. The second kappa shape index (κ2) is 8.17. The molecule has 128 valence electrons. The van der Waals surface area contributed by atoms with Crippen LogP contribution in [0.5, 0.6) is 5.75 Å². The maximum atomic E-state index is 10.9. The summed E-state index contributed by atoms with van der Waals surface area (Å²) in [6, 6.07) is 15.0. The van der Waals surface area contributed by atoms with Crippen molar-refractivity contribution in [1.29, 1.82) is 0 Å². The van der Waals surface area contributed by atoms with Crippen LogP contribution in [0.15, 0.2) is 58.0 Å². The van der Waals surface area contributed by atoms with Crippen molar-refractivity contribution in [3.05, 3.63) is 58.6 Å². The Morgan fingerprint density at radius 2 is 1.92 bits per heavy atom. The van der Waals surface area contributed by atoms with Gasteiger partial charge in [0.2, 0.25) is 0 Å². The Morgan fingerprint density at radius 3 is 2.54 bits per heavy atom. The number of benzene rings is 2. The summed E-state index contributed by atoms with van der Waals surface area (Å²) >= 11 is 3.40. The van der Waals surface area contributed by atoms with Gasteiger partial charge < -0.3 is 20.9 Å². The van der Waals surface area contributed by atoms with E-state index in [1.165, 1.54) is 0 Å². The summed E-state index contributed by atoms with van der Waals surface area (Å²) in [6.45, 7) is 2.08. The highest BCUT2D eigenvalue weighted by Crippen LogP contribution is 2.27. The summed E-state index contributed by atoms with van der Waals surface area (Å²) in [5.74, 6) is 0.901. The Bertz CT molecular complexity index is 704. The van der Waals surface area contributed by atoms with Crippen LogP contribution in [-0.2, 0) is 5.60 Å². The van der Waals surface area contributed by atoms with E-state index in [2.05, 4.69) is 26.2 Å². The van der Waals surface area contributed by atoms with Crippen molar-refractivity contribution in [2.24, 2.45) is 10.7 Å². The van der Waals surface area contributed by atoms with Gasteiger partial charge in [-0.1, -0.05) is 47.1 Å². The molecular formula is C18H22BrN3O2. The number of para-hydroxylation sites is 2. The van der Waals surface area contributed by atoms with Crippen molar-refractivity contribution in [3.63, 3.8) is 0 Å². The molecule has 0 saturated carbocycles. The molecule has 6 heteroatoms. The van der Waals surface area contributed by atoms with Gasteiger partial charge in [0, 0.05) is 4.47 Å². The molecule has 0 aromatic heterocycles. The summed E-state index contributed by atoms with van der Waals surface area (Å²) in [7, 11) is 1.59. The van der Waals surface area contributed by atoms with Gasteiger partial charge in [-0.05, 0) is 36.2 Å². The summed E-state index contributed by atoms with van der Waals surface area (Å²) in [5.41, 5.74) is 6.43. The second-order valence-corrected chi connectivity index (χ2v) is 6.33. The zero-order valence-electron chi connectivity index (χ0n) is 13.8. The molecule has 0 aliphatic heterocycles. The highest BCUT2D eigenvalue weighted by molar-refractivity contribution is 9.10. The molecule has 1 atom stereocenters. The van der Waals surface area contributed by atoms with E-state index in [1.807, 2.05) is 55.5 Å². The Hall–Kier alpha value is -2.05. The van der Waals surface area contributed by atoms with Crippen LogP contribution in [-0.4, -0.2) is 24.7 Å². The Morgan fingerprint density at radius 1 is 1.25 bits per heavy atom. The van der Waals surface area contributed by atoms with Crippen molar-refractivity contribution in [2.75, 3.05) is 19.0 Å². The first-order valence-electron chi connectivity index (χ1n) is 7.67. The molecule has 0 radical (unpaired) electrons. The van der Waals surface area contributed by atoms with Crippen LogP contribution < -0.4 is 15.8 Å². The molecule has 0 heterocycles. The van der Waals surface area contributed by atoms with E-state index in [9.17, 15) is 5.11 Å². The molecule has 1 unspecified atom stereocenters. The van der Waals surface area contributed by atoms with Crippen molar-refractivity contribution in [3.8, 4) is 5.75 Å². The second-order valence-electron chi connectivity index (χ2n) is 5.42.